The first kappa shape index (κ1) is 13.3. The highest BCUT2D eigenvalue weighted by Gasteiger charge is 2.32. The Balaban J connectivity index is 1.95. The molecule has 2 N–H and O–H groups in total. The van der Waals surface area contributed by atoms with E-state index in [-0.39, 0.29) is 11.3 Å². The molecular weight excluding hydrogens is 238 g/mol. The summed E-state index contributed by atoms with van der Waals surface area (Å²) >= 11 is 0. The minimum atomic E-state index is -3.23. The van der Waals surface area contributed by atoms with E-state index in [4.69, 9.17) is 0 Å². The van der Waals surface area contributed by atoms with Crippen LogP contribution < -0.4 is 4.72 Å². The van der Waals surface area contributed by atoms with Crippen molar-refractivity contribution in [1.29, 1.82) is 0 Å². The van der Waals surface area contributed by atoms with Gasteiger partial charge >= 0.3 is 0 Å². The maximum absolute atomic E-state index is 12.2. The Morgan fingerprint density at radius 3 is 2.12 bits per heavy atom. The van der Waals surface area contributed by atoms with E-state index in [1.165, 1.54) is 0 Å². The van der Waals surface area contributed by atoms with E-state index in [0.717, 1.165) is 57.8 Å². The largest absolute Gasteiger partial charge is 0.391 e. The molecule has 0 unspecified atom stereocenters. The van der Waals surface area contributed by atoms with Crippen LogP contribution in [0.2, 0.25) is 0 Å². The summed E-state index contributed by atoms with van der Waals surface area (Å²) < 4.78 is 27.1. The lowest BCUT2D eigenvalue weighted by atomic mass is 9.93. The van der Waals surface area contributed by atoms with Gasteiger partial charge in [0.1, 0.15) is 0 Å². The normalized spacial score (nSPS) is 32.5. The molecule has 4 nitrogen and oxygen atoms in total. The third-order valence-electron chi connectivity index (χ3n) is 4.04. The summed E-state index contributed by atoms with van der Waals surface area (Å²) in [7, 11) is -3.23. The highest BCUT2D eigenvalue weighted by atomic mass is 32.2. The van der Waals surface area contributed by atoms with Crippen LogP contribution in [0.4, 0.5) is 0 Å². The Morgan fingerprint density at radius 1 is 0.882 bits per heavy atom. The molecule has 0 amide bonds. The second kappa shape index (κ2) is 5.67. The van der Waals surface area contributed by atoms with Gasteiger partial charge in [-0.05, 0) is 25.7 Å². The second-order valence-electron chi connectivity index (χ2n) is 5.38. The molecule has 0 aromatic heterocycles. The molecule has 0 aliphatic heterocycles. The molecule has 0 aromatic carbocycles. The van der Waals surface area contributed by atoms with Gasteiger partial charge in [0.05, 0.1) is 11.4 Å². The Hall–Kier alpha value is -0.130. The van der Waals surface area contributed by atoms with Crippen molar-refractivity contribution < 1.29 is 13.5 Å². The van der Waals surface area contributed by atoms with Gasteiger partial charge in [0.15, 0.2) is 0 Å². The summed E-state index contributed by atoms with van der Waals surface area (Å²) in [6.07, 6.45) is 7.73. The van der Waals surface area contributed by atoms with Gasteiger partial charge in [-0.25, -0.2) is 13.1 Å². The fourth-order valence-electron chi connectivity index (χ4n) is 2.93. The monoisotopic (exact) mass is 261 g/mol. The van der Waals surface area contributed by atoms with Crippen LogP contribution in [-0.4, -0.2) is 30.9 Å². The molecule has 0 spiro atoms. The van der Waals surface area contributed by atoms with Gasteiger partial charge in [-0.1, -0.05) is 32.1 Å². The predicted molar refractivity (Wildman–Crippen MR) is 67.2 cm³/mol. The van der Waals surface area contributed by atoms with E-state index >= 15 is 0 Å². The Labute approximate surface area is 104 Å². The lowest BCUT2D eigenvalue weighted by molar-refractivity contribution is 0.101. The molecule has 0 bridgehead atoms. The summed E-state index contributed by atoms with van der Waals surface area (Å²) in [4.78, 5) is 0. The fraction of sp³-hybridized carbons (Fsp3) is 1.00. The summed E-state index contributed by atoms with van der Waals surface area (Å²) in [6, 6.07) is -0.254. The van der Waals surface area contributed by atoms with Crippen LogP contribution in [0, 0.1) is 0 Å². The Kier molecular flexibility index (Phi) is 4.44. The van der Waals surface area contributed by atoms with Gasteiger partial charge in [-0.2, -0.15) is 0 Å². The molecule has 2 saturated carbocycles. The number of aliphatic hydroxyl groups is 1. The van der Waals surface area contributed by atoms with Crippen molar-refractivity contribution in [2.45, 2.75) is 75.2 Å². The van der Waals surface area contributed by atoms with Crippen LogP contribution in [0.15, 0.2) is 0 Å². The van der Waals surface area contributed by atoms with Gasteiger partial charge in [-0.15, -0.1) is 0 Å². The van der Waals surface area contributed by atoms with Crippen molar-refractivity contribution >= 4 is 10.0 Å². The Morgan fingerprint density at radius 2 is 1.47 bits per heavy atom. The highest BCUT2D eigenvalue weighted by Crippen LogP contribution is 2.25. The maximum Gasteiger partial charge on any atom is 0.214 e. The summed E-state index contributed by atoms with van der Waals surface area (Å²) in [5, 5.41) is 9.57. The molecule has 0 aromatic rings. The lowest BCUT2D eigenvalue weighted by Gasteiger charge is -2.30. The van der Waals surface area contributed by atoms with E-state index < -0.39 is 16.1 Å². The average molecular weight is 261 g/mol. The maximum atomic E-state index is 12.2. The van der Waals surface area contributed by atoms with E-state index in [1.54, 1.807) is 0 Å². The van der Waals surface area contributed by atoms with Crippen molar-refractivity contribution in [2.24, 2.45) is 0 Å². The van der Waals surface area contributed by atoms with Gasteiger partial charge in [-0.3, -0.25) is 0 Å². The van der Waals surface area contributed by atoms with Crippen LogP contribution in [0.3, 0.4) is 0 Å². The van der Waals surface area contributed by atoms with Gasteiger partial charge in [0.25, 0.3) is 0 Å². The van der Waals surface area contributed by atoms with Crippen LogP contribution in [0.25, 0.3) is 0 Å². The zero-order chi connectivity index (χ0) is 12.3. The molecule has 0 saturated heterocycles. The summed E-state index contributed by atoms with van der Waals surface area (Å²) in [5.41, 5.74) is 0. The van der Waals surface area contributed by atoms with Crippen LogP contribution in [0.5, 0.6) is 0 Å². The first-order valence-electron chi connectivity index (χ1n) is 6.79. The molecule has 0 radical (unpaired) electrons. The quantitative estimate of drug-likeness (QED) is 0.810. The van der Waals surface area contributed by atoms with Crippen molar-refractivity contribution in [3.8, 4) is 0 Å². The summed E-state index contributed by atoms with van der Waals surface area (Å²) in [6.45, 7) is 0. The number of aliphatic hydroxyl groups excluding tert-OH is 1. The van der Waals surface area contributed by atoms with Crippen LogP contribution in [-0.2, 0) is 10.0 Å². The smallest absolute Gasteiger partial charge is 0.214 e. The predicted octanol–water partition coefficient (Wildman–Crippen LogP) is 1.54. The standard InChI is InChI=1S/C12H23NO3S/c14-12-9-5-4-8-11(12)13-17(15,16)10-6-2-1-3-7-10/h10-14H,1-9H2/t11-,12-/m1/s1. The third kappa shape index (κ3) is 3.42. The molecule has 2 aliphatic carbocycles. The Bertz CT molecular complexity index is 336. The number of sulfonamides is 1. The van der Waals surface area contributed by atoms with Crippen molar-refractivity contribution in [1.82, 2.24) is 4.72 Å². The van der Waals surface area contributed by atoms with Gasteiger partial charge in [0, 0.05) is 6.04 Å². The second-order valence-corrected chi connectivity index (χ2v) is 7.37. The van der Waals surface area contributed by atoms with Gasteiger partial charge < -0.3 is 5.11 Å². The zero-order valence-electron chi connectivity index (χ0n) is 10.3. The fourth-order valence-corrected chi connectivity index (χ4v) is 4.77. The molecule has 0 heterocycles. The van der Waals surface area contributed by atoms with Crippen LogP contribution in [0.1, 0.15) is 57.8 Å². The number of nitrogens with one attached hydrogen (secondary N) is 1. The lowest BCUT2D eigenvalue weighted by Crippen LogP contribution is -2.48. The molecule has 2 rings (SSSR count). The van der Waals surface area contributed by atoms with Crippen molar-refractivity contribution in [2.75, 3.05) is 0 Å². The van der Waals surface area contributed by atoms with Crippen molar-refractivity contribution in [3.05, 3.63) is 0 Å². The molecule has 2 fully saturated rings. The number of hydrogen-bond donors (Lipinski definition) is 2. The number of hydrogen-bond acceptors (Lipinski definition) is 3. The molecule has 5 heteroatoms. The zero-order valence-corrected chi connectivity index (χ0v) is 11.1. The first-order valence-corrected chi connectivity index (χ1v) is 8.33. The third-order valence-corrected chi connectivity index (χ3v) is 6.02. The van der Waals surface area contributed by atoms with Gasteiger partial charge in [0.2, 0.25) is 10.0 Å². The average Bonchev–Trinajstić information content (AvgIpc) is 2.33. The summed E-state index contributed by atoms with van der Waals surface area (Å²) in [5.74, 6) is 0. The highest BCUT2D eigenvalue weighted by molar-refractivity contribution is 7.90. The number of rotatable bonds is 3. The topological polar surface area (TPSA) is 66.4 Å². The molecule has 17 heavy (non-hydrogen) atoms. The van der Waals surface area contributed by atoms with E-state index in [9.17, 15) is 13.5 Å². The minimum Gasteiger partial charge on any atom is -0.391 e. The van der Waals surface area contributed by atoms with Crippen molar-refractivity contribution in [3.63, 3.8) is 0 Å². The molecule has 2 atom stereocenters. The van der Waals surface area contributed by atoms with E-state index in [0.29, 0.717) is 0 Å². The van der Waals surface area contributed by atoms with E-state index in [1.807, 2.05) is 0 Å². The molecule has 2 aliphatic rings. The van der Waals surface area contributed by atoms with E-state index in [2.05, 4.69) is 4.72 Å². The molecular formula is C12H23NO3S. The minimum absolute atomic E-state index is 0.231. The first-order chi connectivity index (χ1) is 8.09. The SMILES string of the molecule is O=S(=O)(N[C@@H]1CCCC[C@H]1O)C1CCCCC1. The molecule has 100 valence electrons. The van der Waals surface area contributed by atoms with Crippen LogP contribution >= 0.6 is 0 Å².